The van der Waals surface area contributed by atoms with Crippen LogP contribution in [0.5, 0.6) is 5.75 Å². The SMILES string of the molecule is CN1CCN(CCCOc2ccc3nccc(C(=O)NCC(=O)N4CC(F)(F)CC4CS(=O)(=O)F)c3c2)CC1. The second kappa shape index (κ2) is 12.0. The molecule has 3 heterocycles. The Morgan fingerprint density at radius 1 is 1.18 bits per heavy atom. The fourth-order valence-electron chi connectivity index (χ4n) is 4.88. The Bertz CT molecular complexity index is 1300. The zero-order valence-electron chi connectivity index (χ0n) is 21.6. The summed E-state index contributed by atoms with van der Waals surface area (Å²) < 4.78 is 68.7. The maximum Gasteiger partial charge on any atom is 0.304 e. The van der Waals surface area contributed by atoms with E-state index in [1.54, 1.807) is 18.2 Å². The number of benzene rings is 1. The number of fused-ring (bicyclic) bond motifs is 1. The van der Waals surface area contributed by atoms with E-state index in [1.165, 1.54) is 12.3 Å². The summed E-state index contributed by atoms with van der Waals surface area (Å²) in [7, 11) is -2.97. The molecule has 10 nitrogen and oxygen atoms in total. The first kappa shape index (κ1) is 29.0. The van der Waals surface area contributed by atoms with Gasteiger partial charge in [0.05, 0.1) is 36.8 Å². The van der Waals surface area contributed by atoms with Crippen LogP contribution in [0.3, 0.4) is 0 Å². The number of hydrogen-bond acceptors (Lipinski definition) is 8. The largest absolute Gasteiger partial charge is 0.494 e. The molecule has 0 saturated carbocycles. The molecule has 2 fully saturated rings. The molecule has 214 valence electrons. The van der Waals surface area contributed by atoms with Crippen molar-refractivity contribution in [2.45, 2.75) is 24.8 Å². The number of carbonyl (C=O) groups is 2. The van der Waals surface area contributed by atoms with Gasteiger partial charge < -0.3 is 24.8 Å². The smallest absolute Gasteiger partial charge is 0.304 e. The lowest BCUT2D eigenvalue weighted by Gasteiger charge is -2.32. The van der Waals surface area contributed by atoms with Crippen molar-refractivity contribution in [2.24, 2.45) is 0 Å². The molecule has 4 rings (SSSR count). The van der Waals surface area contributed by atoms with Crippen LogP contribution in [0.15, 0.2) is 30.5 Å². The number of alkyl halides is 2. The molecule has 39 heavy (non-hydrogen) atoms. The van der Waals surface area contributed by atoms with Crippen molar-refractivity contribution >= 4 is 32.9 Å². The number of carbonyl (C=O) groups excluding carboxylic acids is 2. The van der Waals surface area contributed by atoms with Crippen molar-refractivity contribution in [3.8, 4) is 5.75 Å². The summed E-state index contributed by atoms with van der Waals surface area (Å²) in [4.78, 5) is 35.0. The number of nitrogens with zero attached hydrogens (tertiary/aromatic N) is 4. The van der Waals surface area contributed by atoms with Crippen molar-refractivity contribution in [1.82, 2.24) is 25.0 Å². The molecule has 14 heteroatoms. The normalized spacial score (nSPS) is 20.3. The van der Waals surface area contributed by atoms with E-state index in [0.717, 1.165) is 39.1 Å². The quantitative estimate of drug-likeness (QED) is 0.338. The fraction of sp³-hybridized carbons (Fsp3) is 0.560. The molecule has 1 atom stereocenters. The molecule has 0 bridgehead atoms. The number of amides is 2. The highest BCUT2D eigenvalue weighted by Gasteiger charge is 2.48. The first-order chi connectivity index (χ1) is 18.4. The topological polar surface area (TPSA) is 112 Å². The second-order valence-electron chi connectivity index (χ2n) is 10.0. The molecule has 1 aromatic heterocycles. The summed E-state index contributed by atoms with van der Waals surface area (Å²) in [5.74, 6) is -5.61. The van der Waals surface area contributed by atoms with Crippen LogP contribution in [0.4, 0.5) is 12.7 Å². The van der Waals surface area contributed by atoms with Crippen LogP contribution in [-0.4, -0.2) is 117 Å². The van der Waals surface area contributed by atoms with Crippen LogP contribution >= 0.6 is 0 Å². The van der Waals surface area contributed by atoms with Crippen LogP contribution in [0, 0.1) is 0 Å². The number of nitrogens with one attached hydrogen (secondary N) is 1. The number of piperazine rings is 1. The average Bonchev–Trinajstić information content (AvgIpc) is 3.17. The Morgan fingerprint density at radius 2 is 1.92 bits per heavy atom. The zero-order chi connectivity index (χ0) is 28.2. The minimum absolute atomic E-state index is 0.199. The fourth-order valence-corrected chi connectivity index (χ4v) is 5.64. The highest BCUT2D eigenvalue weighted by molar-refractivity contribution is 7.86. The van der Waals surface area contributed by atoms with Gasteiger partial charge in [0.25, 0.3) is 11.8 Å². The van der Waals surface area contributed by atoms with Gasteiger partial charge in [0.15, 0.2) is 0 Å². The molecule has 1 N–H and O–H groups in total. The third-order valence-corrected chi connectivity index (χ3v) is 7.71. The molecular weight excluding hydrogens is 539 g/mol. The van der Waals surface area contributed by atoms with Gasteiger partial charge in [-0.25, -0.2) is 8.78 Å². The number of likely N-dealkylation sites (tertiary alicyclic amines) is 1. The highest BCUT2D eigenvalue weighted by atomic mass is 32.3. The number of likely N-dealkylation sites (N-methyl/N-ethyl adjacent to an activating group) is 1. The minimum atomic E-state index is -5.08. The molecular formula is C25H32F3N5O5S. The first-order valence-electron chi connectivity index (χ1n) is 12.7. The lowest BCUT2D eigenvalue weighted by Crippen LogP contribution is -2.45. The number of pyridine rings is 1. The van der Waals surface area contributed by atoms with Crippen molar-refractivity contribution < 1.29 is 35.4 Å². The summed E-state index contributed by atoms with van der Waals surface area (Å²) in [6.07, 6.45) is 1.30. The van der Waals surface area contributed by atoms with Gasteiger partial charge in [-0.3, -0.25) is 14.6 Å². The maximum atomic E-state index is 13.9. The summed E-state index contributed by atoms with van der Waals surface area (Å²) in [5, 5.41) is 2.87. The lowest BCUT2D eigenvalue weighted by atomic mass is 10.1. The number of rotatable bonds is 10. The number of ether oxygens (including phenoxy) is 1. The number of halogens is 3. The molecule has 2 aliphatic rings. The molecule has 1 aromatic carbocycles. The molecule has 0 spiro atoms. The van der Waals surface area contributed by atoms with Gasteiger partial charge in [-0.15, -0.1) is 3.89 Å². The van der Waals surface area contributed by atoms with E-state index in [4.69, 9.17) is 4.74 Å². The standard InChI is InChI=1S/C25H32F3N5O5S/c1-31-8-10-32(11-9-31)7-2-12-38-19-3-4-22-21(13-19)20(5-6-29-22)24(35)30-15-23(34)33-17-25(26,27)14-18(33)16-39(28,36)37/h3-6,13,18H,2,7-12,14-17H2,1H3,(H,30,35). The van der Waals surface area contributed by atoms with E-state index < -0.39 is 59.3 Å². The van der Waals surface area contributed by atoms with Gasteiger partial charge in [0, 0.05) is 50.7 Å². The van der Waals surface area contributed by atoms with Gasteiger partial charge >= 0.3 is 10.2 Å². The lowest BCUT2D eigenvalue weighted by molar-refractivity contribution is -0.131. The van der Waals surface area contributed by atoms with Crippen LogP contribution in [0.1, 0.15) is 23.2 Å². The second-order valence-corrected chi connectivity index (χ2v) is 11.4. The van der Waals surface area contributed by atoms with E-state index in [9.17, 15) is 30.7 Å². The molecule has 2 aliphatic heterocycles. The predicted octanol–water partition coefficient (Wildman–Crippen LogP) is 1.52. The summed E-state index contributed by atoms with van der Waals surface area (Å²) in [6, 6.07) is 5.08. The third kappa shape index (κ3) is 8.02. The van der Waals surface area contributed by atoms with Gasteiger partial charge in [0.2, 0.25) is 5.91 Å². The average molecular weight is 572 g/mol. The number of aromatic nitrogens is 1. The van der Waals surface area contributed by atoms with E-state index in [-0.39, 0.29) is 5.56 Å². The molecule has 0 radical (unpaired) electrons. The summed E-state index contributed by atoms with van der Waals surface area (Å²) >= 11 is 0. The Balaban J connectivity index is 1.35. The summed E-state index contributed by atoms with van der Waals surface area (Å²) in [6.45, 7) is 3.83. The minimum Gasteiger partial charge on any atom is -0.494 e. The van der Waals surface area contributed by atoms with E-state index in [0.29, 0.717) is 28.2 Å². The summed E-state index contributed by atoms with van der Waals surface area (Å²) in [5.41, 5.74) is 0.719. The third-order valence-electron chi connectivity index (χ3n) is 6.93. The van der Waals surface area contributed by atoms with Gasteiger partial charge in [-0.05, 0) is 37.7 Å². The Hall–Kier alpha value is -2.97. The van der Waals surface area contributed by atoms with E-state index >= 15 is 0 Å². The predicted molar refractivity (Wildman–Crippen MR) is 138 cm³/mol. The molecule has 2 saturated heterocycles. The van der Waals surface area contributed by atoms with Crippen molar-refractivity contribution in [3.05, 3.63) is 36.0 Å². The molecule has 0 aliphatic carbocycles. The molecule has 2 aromatic rings. The van der Waals surface area contributed by atoms with Crippen molar-refractivity contribution in [1.29, 1.82) is 0 Å². The number of hydrogen-bond donors (Lipinski definition) is 1. The Kier molecular flexibility index (Phi) is 8.96. The van der Waals surface area contributed by atoms with Crippen LogP contribution < -0.4 is 10.1 Å². The Labute approximate surface area is 225 Å². The van der Waals surface area contributed by atoms with Crippen LogP contribution in [-0.2, 0) is 15.0 Å². The van der Waals surface area contributed by atoms with Crippen LogP contribution in [0.2, 0.25) is 0 Å². The van der Waals surface area contributed by atoms with E-state index in [1.807, 2.05) is 0 Å². The molecule has 1 unspecified atom stereocenters. The van der Waals surface area contributed by atoms with Crippen LogP contribution in [0.25, 0.3) is 10.9 Å². The van der Waals surface area contributed by atoms with E-state index in [2.05, 4.69) is 27.1 Å². The Morgan fingerprint density at radius 3 is 2.64 bits per heavy atom. The first-order valence-corrected chi connectivity index (χ1v) is 14.3. The highest BCUT2D eigenvalue weighted by Crippen LogP contribution is 2.33. The molecule has 2 amide bonds. The van der Waals surface area contributed by atoms with Gasteiger partial charge in [0.1, 0.15) is 11.5 Å². The van der Waals surface area contributed by atoms with Gasteiger partial charge in [-0.2, -0.15) is 8.42 Å². The maximum absolute atomic E-state index is 13.9. The van der Waals surface area contributed by atoms with Gasteiger partial charge in [-0.1, -0.05) is 0 Å². The zero-order valence-corrected chi connectivity index (χ0v) is 22.4. The monoisotopic (exact) mass is 571 g/mol. The van der Waals surface area contributed by atoms with Crippen molar-refractivity contribution in [2.75, 3.05) is 65.2 Å². The van der Waals surface area contributed by atoms with Crippen molar-refractivity contribution in [3.63, 3.8) is 0 Å².